The van der Waals surface area contributed by atoms with Crippen LogP contribution in [0.1, 0.15) is 0 Å². The number of hydrogen-bond acceptors (Lipinski definition) is 6. The maximum atomic E-state index is 12.5. The minimum absolute atomic E-state index is 0.0413. The van der Waals surface area contributed by atoms with E-state index >= 15 is 0 Å². The van der Waals surface area contributed by atoms with Gasteiger partial charge in [0.05, 0.1) is 12.7 Å². The van der Waals surface area contributed by atoms with Crippen molar-refractivity contribution in [2.45, 2.75) is 6.36 Å². The van der Waals surface area contributed by atoms with Gasteiger partial charge >= 0.3 is 6.36 Å². The molecule has 11 heteroatoms. The Morgan fingerprint density at radius 2 is 1.93 bits per heavy atom. The minimum Gasteiger partial charge on any atom is -0.406 e. The van der Waals surface area contributed by atoms with Gasteiger partial charge in [0, 0.05) is 44.1 Å². The molecule has 0 atom stereocenters. The number of aromatic nitrogens is 3. The number of hydrogen-bond donors (Lipinski definition) is 2. The molecular weight excluding hydrogens is 401 g/mol. The van der Waals surface area contributed by atoms with Gasteiger partial charge in [-0.1, -0.05) is 0 Å². The fraction of sp³-hybridized carbons (Fsp3) is 0.316. The van der Waals surface area contributed by atoms with Crippen LogP contribution in [0, 0.1) is 0 Å². The number of piperazine rings is 1. The molecule has 3 aromatic rings. The number of fused-ring (bicyclic) bond motifs is 1. The van der Waals surface area contributed by atoms with Crippen molar-refractivity contribution in [3.8, 4) is 17.0 Å². The van der Waals surface area contributed by atoms with Crippen LogP contribution in [0.4, 0.5) is 19.0 Å². The maximum Gasteiger partial charge on any atom is 0.573 e. The van der Waals surface area contributed by atoms with E-state index in [4.69, 9.17) is 0 Å². The summed E-state index contributed by atoms with van der Waals surface area (Å²) in [7, 11) is 0. The minimum atomic E-state index is -4.76. The number of anilines is 1. The van der Waals surface area contributed by atoms with Gasteiger partial charge in [-0.2, -0.15) is 0 Å². The molecule has 2 N–H and O–H groups in total. The number of nitrogens with zero attached hydrogens (tertiary/aromatic N) is 4. The van der Waals surface area contributed by atoms with Crippen LogP contribution in [-0.4, -0.2) is 64.3 Å². The van der Waals surface area contributed by atoms with Crippen LogP contribution in [0.3, 0.4) is 0 Å². The Morgan fingerprint density at radius 1 is 1.20 bits per heavy atom. The molecule has 3 heterocycles. The van der Waals surface area contributed by atoms with Crippen LogP contribution in [0.15, 0.2) is 42.9 Å². The van der Waals surface area contributed by atoms with Crippen molar-refractivity contribution in [2.24, 2.45) is 0 Å². The van der Waals surface area contributed by atoms with Crippen molar-refractivity contribution in [1.82, 2.24) is 24.6 Å². The molecule has 1 saturated heterocycles. The average molecular weight is 420 g/mol. The number of carbonyl (C=O) groups excluding carboxylic acids is 1. The number of ether oxygens (including phenoxy) is 1. The molecule has 1 fully saturated rings. The first-order chi connectivity index (χ1) is 14.4. The molecule has 0 aliphatic carbocycles. The molecule has 2 aromatic heterocycles. The Hall–Kier alpha value is -3.34. The van der Waals surface area contributed by atoms with Gasteiger partial charge in [-0.15, -0.1) is 13.2 Å². The second-order valence-electron chi connectivity index (χ2n) is 6.67. The van der Waals surface area contributed by atoms with E-state index in [2.05, 4.69) is 25.3 Å². The smallest absolute Gasteiger partial charge is 0.406 e. The molecule has 4 rings (SSSR count). The fourth-order valence-corrected chi connectivity index (χ4v) is 3.28. The third-order valence-electron chi connectivity index (χ3n) is 4.67. The molecule has 1 amide bonds. The van der Waals surface area contributed by atoms with E-state index in [1.165, 1.54) is 24.3 Å². The number of nitrogens with one attached hydrogen (secondary N) is 2. The Kier molecular flexibility index (Phi) is 5.44. The number of benzene rings is 1. The summed E-state index contributed by atoms with van der Waals surface area (Å²) in [6.07, 6.45) is 0.0912. The van der Waals surface area contributed by atoms with Crippen LogP contribution in [0.2, 0.25) is 0 Å². The second-order valence-corrected chi connectivity index (χ2v) is 6.67. The Morgan fingerprint density at radius 3 is 2.63 bits per heavy atom. The Labute approximate surface area is 169 Å². The number of rotatable bonds is 5. The highest BCUT2D eigenvalue weighted by molar-refractivity contribution is 5.84. The lowest BCUT2D eigenvalue weighted by atomic mass is 10.1. The molecule has 158 valence electrons. The zero-order valence-electron chi connectivity index (χ0n) is 15.8. The monoisotopic (exact) mass is 420 g/mol. The van der Waals surface area contributed by atoms with Crippen molar-refractivity contribution in [3.05, 3.63) is 42.9 Å². The van der Waals surface area contributed by atoms with Crippen LogP contribution in [-0.2, 0) is 4.79 Å². The molecule has 0 spiro atoms. The van der Waals surface area contributed by atoms with Crippen molar-refractivity contribution in [2.75, 3.05) is 38.0 Å². The van der Waals surface area contributed by atoms with Gasteiger partial charge in [-0.05, 0) is 24.3 Å². The van der Waals surface area contributed by atoms with Gasteiger partial charge in [-0.25, -0.2) is 4.98 Å². The van der Waals surface area contributed by atoms with Crippen LogP contribution in [0.5, 0.6) is 5.75 Å². The zero-order chi connectivity index (χ0) is 21.1. The number of halogens is 3. The normalized spacial score (nSPS) is 14.7. The molecular formula is C19H19F3N6O2. The van der Waals surface area contributed by atoms with Crippen molar-refractivity contribution < 1.29 is 22.7 Å². The number of imidazole rings is 1. The zero-order valence-corrected chi connectivity index (χ0v) is 15.8. The van der Waals surface area contributed by atoms with E-state index in [-0.39, 0.29) is 18.2 Å². The van der Waals surface area contributed by atoms with Crippen LogP contribution in [0.25, 0.3) is 16.9 Å². The molecule has 0 saturated carbocycles. The van der Waals surface area contributed by atoms with E-state index in [9.17, 15) is 18.0 Å². The van der Waals surface area contributed by atoms with Crippen LogP contribution < -0.4 is 15.4 Å². The molecule has 1 aliphatic heterocycles. The number of amides is 1. The first-order valence-electron chi connectivity index (χ1n) is 9.31. The Bertz CT molecular complexity index is 1030. The molecule has 30 heavy (non-hydrogen) atoms. The molecule has 1 aliphatic rings. The van der Waals surface area contributed by atoms with Crippen molar-refractivity contribution >= 4 is 17.4 Å². The summed E-state index contributed by atoms with van der Waals surface area (Å²) < 4.78 is 42.9. The highest BCUT2D eigenvalue weighted by Crippen LogP contribution is 2.31. The van der Waals surface area contributed by atoms with Gasteiger partial charge in [0.2, 0.25) is 5.91 Å². The molecule has 1 aromatic carbocycles. The topological polar surface area (TPSA) is 83.8 Å². The second kappa shape index (κ2) is 8.19. The summed E-state index contributed by atoms with van der Waals surface area (Å²) in [6.45, 7) is 2.86. The van der Waals surface area contributed by atoms with Crippen LogP contribution >= 0.6 is 0 Å². The maximum absolute atomic E-state index is 12.5. The fourth-order valence-electron chi connectivity index (χ4n) is 3.28. The highest BCUT2D eigenvalue weighted by atomic mass is 19.4. The summed E-state index contributed by atoms with van der Waals surface area (Å²) in [4.78, 5) is 22.9. The van der Waals surface area contributed by atoms with Crippen molar-refractivity contribution in [1.29, 1.82) is 0 Å². The first kappa shape index (κ1) is 20.0. The standard InChI is InChI=1S/C19H19F3N6O2/c20-19(21,22)30-14-3-1-13(2-4-14)17-18(28-10-7-24-11-15(28)26-17)25-12-16(29)27-8-5-23-6-9-27/h1-4,7,10-11,23,25H,5-6,8-9,12H2. The van der Waals surface area contributed by atoms with Gasteiger partial charge < -0.3 is 20.3 Å². The lowest BCUT2D eigenvalue weighted by Gasteiger charge is -2.27. The largest absolute Gasteiger partial charge is 0.573 e. The van der Waals surface area contributed by atoms with E-state index in [1.54, 1.807) is 27.9 Å². The van der Waals surface area contributed by atoms with E-state index in [0.29, 0.717) is 35.8 Å². The van der Waals surface area contributed by atoms with E-state index in [1.807, 2.05) is 0 Å². The van der Waals surface area contributed by atoms with Crippen molar-refractivity contribution in [3.63, 3.8) is 0 Å². The third kappa shape index (κ3) is 4.46. The molecule has 0 unspecified atom stereocenters. The summed E-state index contributed by atoms with van der Waals surface area (Å²) in [5.41, 5.74) is 1.61. The third-order valence-corrected chi connectivity index (χ3v) is 4.67. The SMILES string of the molecule is O=C(CNc1c(-c2ccc(OC(F)(F)F)cc2)nc2cnccn12)N1CCNCC1. The van der Waals surface area contributed by atoms with Gasteiger partial charge in [0.25, 0.3) is 0 Å². The van der Waals surface area contributed by atoms with Gasteiger partial charge in [0.1, 0.15) is 17.3 Å². The number of carbonyl (C=O) groups is 1. The molecule has 0 bridgehead atoms. The summed E-state index contributed by atoms with van der Waals surface area (Å²) in [6, 6.07) is 5.42. The lowest BCUT2D eigenvalue weighted by molar-refractivity contribution is -0.274. The average Bonchev–Trinajstić information content (AvgIpc) is 3.10. The first-order valence-corrected chi connectivity index (χ1v) is 9.31. The predicted molar refractivity (Wildman–Crippen MR) is 103 cm³/mol. The van der Waals surface area contributed by atoms with E-state index < -0.39 is 6.36 Å². The van der Waals surface area contributed by atoms with E-state index in [0.717, 1.165) is 13.1 Å². The number of alkyl halides is 3. The Balaban J connectivity index is 1.59. The molecule has 8 nitrogen and oxygen atoms in total. The highest BCUT2D eigenvalue weighted by Gasteiger charge is 2.31. The predicted octanol–water partition coefficient (Wildman–Crippen LogP) is 2.14. The quantitative estimate of drug-likeness (QED) is 0.658. The van der Waals surface area contributed by atoms with Gasteiger partial charge in [0.15, 0.2) is 5.65 Å². The summed E-state index contributed by atoms with van der Waals surface area (Å²) in [5, 5.41) is 6.33. The lowest BCUT2D eigenvalue weighted by Crippen LogP contribution is -2.48. The van der Waals surface area contributed by atoms with Gasteiger partial charge in [-0.3, -0.25) is 14.2 Å². The summed E-state index contributed by atoms with van der Waals surface area (Å²) >= 11 is 0. The summed E-state index contributed by atoms with van der Waals surface area (Å²) in [5.74, 6) is 0.195. The molecule has 0 radical (unpaired) electrons.